The molecule has 0 aliphatic heterocycles. The predicted molar refractivity (Wildman–Crippen MR) is 70.1 cm³/mol. The average Bonchev–Trinajstić information content (AvgIpc) is 2.75. The van der Waals surface area contributed by atoms with Crippen LogP contribution in [0.1, 0.15) is 16.1 Å². The van der Waals surface area contributed by atoms with Crippen LogP contribution in [0.4, 0.5) is 5.69 Å². The van der Waals surface area contributed by atoms with Crippen LogP contribution in [-0.2, 0) is 13.5 Å². The van der Waals surface area contributed by atoms with Crippen molar-refractivity contribution in [2.75, 3.05) is 12.3 Å². The smallest absolute Gasteiger partial charge is 0.253 e. The second kappa shape index (κ2) is 5.35. The summed E-state index contributed by atoms with van der Waals surface area (Å²) in [4.78, 5) is 11.9. The summed E-state index contributed by atoms with van der Waals surface area (Å²) in [6, 6.07) is 8.97. The molecule has 2 rings (SSSR count). The molecule has 5 nitrogen and oxygen atoms in total. The molecule has 0 aliphatic rings. The maximum Gasteiger partial charge on any atom is 0.253 e. The van der Waals surface area contributed by atoms with Gasteiger partial charge in [-0.15, -0.1) is 0 Å². The number of nitrogens with one attached hydrogen (secondary N) is 1. The molecule has 0 spiro atoms. The van der Waals surface area contributed by atoms with Crippen LogP contribution in [0, 0.1) is 0 Å². The fourth-order valence-corrected chi connectivity index (χ4v) is 1.75. The molecule has 3 N–H and O–H groups in total. The lowest BCUT2D eigenvalue weighted by Gasteiger charge is -2.07. The Morgan fingerprint density at radius 3 is 2.83 bits per heavy atom. The van der Waals surface area contributed by atoms with Crippen LogP contribution in [-0.4, -0.2) is 22.2 Å². The molecular formula is C13H16N4O. The highest BCUT2D eigenvalue weighted by Crippen LogP contribution is 2.09. The first kappa shape index (κ1) is 12.2. The molecule has 0 fully saturated rings. The second-order valence-electron chi connectivity index (χ2n) is 4.04. The Balaban J connectivity index is 1.90. The molecule has 0 bridgehead atoms. The average molecular weight is 244 g/mol. The van der Waals surface area contributed by atoms with Crippen LogP contribution in [0.5, 0.6) is 0 Å². The molecule has 1 amide bonds. The van der Waals surface area contributed by atoms with Gasteiger partial charge in [-0.25, -0.2) is 0 Å². The van der Waals surface area contributed by atoms with Crippen LogP contribution < -0.4 is 11.1 Å². The molecule has 0 unspecified atom stereocenters. The Kier molecular flexibility index (Phi) is 3.62. The molecule has 1 aromatic carbocycles. The number of nitrogens with zero attached hydrogens (tertiary/aromatic N) is 2. The van der Waals surface area contributed by atoms with E-state index in [2.05, 4.69) is 10.4 Å². The molecule has 2 aromatic rings. The van der Waals surface area contributed by atoms with E-state index in [0.29, 0.717) is 17.8 Å². The summed E-state index contributed by atoms with van der Waals surface area (Å²) in [5.41, 5.74) is 7.83. The van der Waals surface area contributed by atoms with Crippen LogP contribution >= 0.6 is 0 Å². The van der Waals surface area contributed by atoms with Crippen molar-refractivity contribution in [1.29, 1.82) is 0 Å². The number of para-hydroxylation sites is 1. The van der Waals surface area contributed by atoms with E-state index in [-0.39, 0.29) is 5.91 Å². The lowest BCUT2D eigenvalue weighted by Crippen LogP contribution is -2.26. The zero-order valence-corrected chi connectivity index (χ0v) is 10.3. The summed E-state index contributed by atoms with van der Waals surface area (Å²) in [7, 11) is 1.88. The number of aromatic nitrogens is 2. The summed E-state index contributed by atoms with van der Waals surface area (Å²) >= 11 is 0. The molecule has 18 heavy (non-hydrogen) atoms. The van der Waals surface area contributed by atoms with Crippen molar-refractivity contribution in [2.45, 2.75) is 6.42 Å². The first-order valence-corrected chi connectivity index (χ1v) is 5.78. The molecule has 94 valence electrons. The molecule has 0 aliphatic carbocycles. The lowest BCUT2D eigenvalue weighted by molar-refractivity contribution is 0.0955. The van der Waals surface area contributed by atoms with Gasteiger partial charge in [-0.3, -0.25) is 9.48 Å². The minimum absolute atomic E-state index is 0.143. The van der Waals surface area contributed by atoms with Crippen LogP contribution in [0.25, 0.3) is 0 Å². The van der Waals surface area contributed by atoms with Crippen molar-refractivity contribution in [3.05, 3.63) is 47.8 Å². The number of nitrogens with two attached hydrogens (primary N) is 1. The number of aryl methyl sites for hydroxylation is 1. The van der Waals surface area contributed by atoms with E-state index >= 15 is 0 Å². The van der Waals surface area contributed by atoms with Crippen molar-refractivity contribution < 1.29 is 4.79 Å². The highest BCUT2D eigenvalue weighted by atomic mass is 16.1. The number of carbonyl (C=O) groups is 1. The van der Waals surface area contributed by atoms with Gasteiger partial charge in [-0.1, -0.05) is 12.1 Å². The van der Waals surface area contributed by atoms with Gasteiger partial charge in [0.2, 0.25) is 0 Å². The van der Waals surface area contributed by atoms with Gasteiger partial charge in [0.15, 0.2) is 0 Å². The van der Waals surface area contributed by atoms with E-state index in [1.807, 2.05) is 19.2 Å². The van der Waals surface area contributed by atoms with E-state index in [9.17, 15) is 4.79 Å². The third-order valence-corrected chi connectivity index (χ3v) is 2.79. The van der Waals surface area contributed by atoms with E-state index in [0.717, 1.165) is 12.1 Å². The number of amides is 1. The predicted octanol–water partition coefficient (Wildman–Crippen LogP) is 0.975. The third-order valence-electron chi connectivity index (χ3n) is 2.79. The van der Waals surface area contributed by atoms with E-state index < -0.39 is 0 Å². The van der Waals surface area contributed by atoms with E-state index in [4.69, 9.17) is 5.73 Å². The van der Waals surface area contributed by atoms with Gasteiger partial charge in [0.25, 0.3) is 5.91 Å². The number of hydrogen-bond acceptors (Lipinski definition) is 3. The Hall–Kier alpha value is -2.30. The molecule has 1 aromatic heterocycles. The lowest BCUT2D eigenvalue weighted by atomic mass is 10.1. The maximum atomic E-state index is 11.9. The maximum absolute atomic E-state index is 11.9. The number of nitrogen functional groups attached to an aromatic ring is 1. The highest BCUT2D eigenvalue weighted by Gasteiger charge is 2.08. The summed E-state index contributed by atoms with van der Waals surface area (Å²) in [5.74, 6) is -0.143. The normalized spacial score (nSPS) is 10.3. The summed E-state index contributed by atoms with van der Waals surface area (Å²) < 4.78 is 1.79. The Morgan fingerprint density at radius 2 is 2.17 bits per heavy atom. The first-order chi connectivity index (χ1) is 8.68. The number of anilines is 1. The van der Waals surface area contributed by atoms with Crippen molar-refractivity contribution >= 4 is 11.6 Å². The molecule has 1 heterocycles. The fourth-order valence-electron chi connectivity index (χ4n) is 1.75. The summed E-state index contributed by atoms with van der Waals surface area (Å²) in [6.07, 6.45) is 2.49. The molecule has 5 heteroatoms. The zero-order chi connectivity index (χ0) is 13.0. The topological polar surface area (TPSA) is 72.9 Å². The molecule has 0 radical (unpaired) electrons. The van der Waals surface area contributed by atoms with Gasteiger partial charge in [0.1, 0.15) is 0 Å². The zero-order valence-electron chi connectivity index (χ0n) is 10.3. The van der Waals surface area contributed by atoms with Crippen LogP contribution in [0.2, 0.25) is 0 Å². The van der Waals surface area contributed by atoms with Gasteiger partial charge in [0, 0.05) is 37.6 Å². The molecule has 0 atom stereocenters. The Labute approximate surface area is 106 Å². The molecule has 0 saturated carbocycles. The minimum Gasteiger partial charge on any atom is -0.398 e. The Bertz CT molecular complexity index is 547. The third kappa shape index (κ3) is 2.68. The van der Waals surface area contributed by atoms with E-state index in [1.54, 1.807) is 29.1 Å². The van der Waals surface area contributed by atoms with Gasteiger partial charge < -0.3 is 11.1 Å². The molecule has 0 saturated heterocycles. The standard InChI is InChI=1S/C13H16N4O/c1-17-10(7-9-16-17)6-8-15-13(18)11-4-2-3-5-12(11)14/h2-5,7,9H,6,8,14H2,1H3,(H,15,18). The van der Waals surface area contributed by atoms with Crippen LogP contribution in [0.15, 0.2) is 36.5 Å². The highest BCUT2D eigenvalue weighted by molar-refractivity contribution is 5.99. The largest absolute Gasteiger partial charge is 0.398 e. The van der Waals surface area contributed by atoms with Crippen molar-refractivity contribution in [3.8, 4) is 0 Å². The van der Waals surface area contributed by atoms with Gasteiger partial charge in [0.05, 0.1) is 5.56 Å². The van der Waals surface area contributed by atoms with Gasteiger partial charge >= 0.3 is 0 Å². The number of carbonyl (C=O) groups excluding carboxylic acids is 1. The SMILES string of the molecule is Cn1nccc1CCNC(=O)c1ccccc1N. The van der Waals surface area contributed by atoms with Crippen molar-refractivity contribution in [1.82, 2.24) is 15.1 Å². The number of benzene rings is 1. The summed E-state index contributed by atoms with van der Waals surface area (Å²) in [5, 5.41) is 6.92. The Morgan fingerprint density at radius 1 is 1.39 bits per heavy atom. The fraction of sp³-hybridized carbons (Fsp3) is 0.231. The monoisotopic (exact) mass is 244 g/mol. The second-order valence-corrected chi connectivity index (χ2v) is 4.04. The minimum atomic E-state index is -0.143. The van der Waals surface area contributed by atoms with Crippen LogP contribution in [0.3, 0.4) is 0 Å². The summed E-state index contributed by atoms with van der Waals surface area (Å²) in [6.45, 7) is 0.562. The van der Waals surface area contributed by atoms with Crippen molar-refractivity contribution in [3.63, 3.8) is 0 Å². The van der Waals surface area contributed by atoms with Gasteiger partial charge in [-0.2, -0.15) is 5.10 Å². The van der Waals surface area contributed by atoms with Gasteiger partial charge in [-0.05, 0) is 18.2 Å². The number of rotatable bonds is 4. The van der Waals surface area contributed by atoms with E-state index in [1.165, 1.54) is 0 Å². The number of hydrogen-bond donors (Lipinski definition) is 2. The first-order valence-electron chi connectivity index (χ1n) is 5.78. The van der Waals surface area contributed by atoms with Crippen molar-refractivity contribution in [2.24, 2.45) is 7.05 Å². The quantitative estimate of drug-likeness (QED) is 0.787. The molecular weight excluding hydrogens is 228 g/mol.